The summed E-state index contributed by atoms with van der Waals surface area (Å²) in [5.74, 6) is 0. The van der Waals surface area contributed by atoms with Crippen molar-refractivity contribution >= 4 is 0 Å². The maximum Gasteiger partial charge on any atom is 0.0829 e. The number of benzene rings is 1. The zero-order valence-corrected chi connectivity index (χ0v) is 12.7. The van der Waals surface area contributed by atoms with Crippen LogP contribution in [0, 0.1) is 0 Å². The minimum Gasteiger partial charge on any atom is -0.374 e. The van der Waals surface area contributed by atoms with Crippen LogP contribution in [0.3, 0.4) is 0 Å². The molecule has 2 rings (SSSR count). The summed E-state index contributed by atoms with van der Waals surface area (Å²) in [6.45, 7) is 8.85. The molecule has 0 aliphatic carbocycles. The zero-order valence-electron chi connectivity index (χ0n) is 12.7. The summed E-state index contributed by atoms with van der Waals surface area (Å²) < 4.78 is 5.86. The van der Waals surface area contributed by atoms with Crippen LogP contribution in [0.15, 0.2) is 24.3 Å². The van der Waals surface area contributed by atoms with E-state index in [1.165, 1.54) is 11.1 Å². The Morgan fingerprint density at radius 1 is 1.30 bits per heavy atom. The van der Waals surface area contributed by atoms with E-state index in [1.54, 1.807) is 0 Å². The molecule has 1 atom stereocenters. The average Bonchev–Trinajstić information content (AvgIpc) is 2.48. The van der Waals surface area contributed by atoms with Gasteiger partial charge in [0.2, 0.25) is 0 Å². The topological polar surface area (TPSA) is 41.7 Å². The highest BCUT2D eigenvalue weighted by Crippen LogP contribution is 2.10. The fourth-order valence-corrected chi connectivity index (χ4v) is 2.68. The molecule has 2 N–H and O–H groups in total. The number of rotatable bonds is 6. The number of ether oxygens (including phenoxy) is 1. The number of nitrogens with two attached hydrogens (primary N) is 1. The molecule has 1 fully saturated rings. The van der Waals surface area contributed by atoms with Crippen LogP contribution in [-0.2, 0) is 17.8 Å². The molecule has 20 heavy (non-hydrogen) atoms. The van der Waals surface area contributed by atoms with E-state index in [0.29, 0.717) is 12.6 Å². The van der Waals surface area contributed by atoms with Gasteiger partial charge in [0.25, 0.3) is 0 Å². The first-order chi connectivity index (χ1) is 9.71. The third-order valence-electron chi connectivity index (χ3n) is 3.90. The van der Waals surface area contributed by atoms with Gasteiger partial charge in [0.1, 0.15) is 0 Å². The second-order valence-corrected chi connectivity index (χ2v) is 5.60. The van der Waals surface area contributed by atoms with Gasteiger partial charge in [-0.25, -0.2) is 0 Å². The molecule has 1 saturated heterocycles. The average molecular weight is 277 g/mol. The second-order valence-electron chi connectivity index (χ2n) is 5.60. The van der Waals surface area contributed by atoms with Crippen molar-refractivity contribution in [3.8, 4) is 0 Å². The Labute approximate surface area is 122 Å². The summed E-state index contributed by atoms with van der Waals surface area (Å²) in [4.78, 5) is 4.79. The smallest absolute Gasteiger partial charge is 0.0829 e. The Bertz CT molecular complexity index is 393. The second kappa shape index (κ2) is 7.74. The lowest BCUT2D eigenvalue weighted by Crippen LogP contribution is -2.46. The SMILES string of the molecule is CCN1CCOC(CN(C)Cc2ccc(CN)cc2)C1. The fourth-order valence-electron chi connectivity index (χ4n) is 2.68. The van der Waals surface area contributed by atoms with E-state index in [9.17, 15) is 0 Å². The molecule has 4 heteroatoms. The maximum atomic E-state index is 5.86. The van der Waals surface area contributed by atoms with Crippen molar-refractivity contribution in [3.63, 3.8) is 0 Å². The van der Waals surface area contributed by atoms with Crippen LogP contribution in [0.25, 0.3) is 0 Å². The van der Waals surface area contributed by atoms with Gasteiger partial charge in [0, 0.05) is 32.7 Å². The normalized spacial score (nSPS) is 20.5. The minimum absolute atomic E-state index is 0.331. The highest BCUT2D eigenvalue weighted by Gasteiger charge is 2.20. The molecule has 0 spiro atoms. The van der Waals surface area contributed by atoms with Crippen molar-refractivity contribution in [1.29, 1.82) is 0 Å². The molecular weight excluding hydrogens is 250 g/mol. The molecule has 0 amide bonds. The van der Waals surface area contributed by atoms with Crippen LogP contribution in [0.1, 0.15) is 18.1 Å². The summed E-state index contributed by atoms with van der Waals surface area (Å²) >= 11 is 0. The summed E-state index contributed by atoms with van der Waals surface area (Å²) in [6.07, 6.45) is 0.331. The van der Waals surface area contributed by atoms with Crippen LogP contribution in [0.2, 0.25) is 0 Å². The lowest BCUT2D eigenvalue weighted by Gasteiger charge is -2.34. The van der Waals surface area contributed by atoms with Gasteiger partial charge in [0.05, 0.1) is 12.7 Å². The standard InChI is InChI=1S/C16H27N3O/c1-3-19-8-9-20-16(13-19)12-18(2)11-15-6-4-14(10-17)5-7-15/h4-7,16H,3,8-13,17H2,1-2H3. The van der Waals surface area contributed by atoms with Crippen LogP contribution in [0.4, 0.5) is 0 Å². The van der Waals surface area contributed by atoms with Gasteiger partial charge in [-0.2, -0.15) is 0 Å². The third-order valence-corrected chi connectivity index (χ3v) is 3.90. The summed E-state index contributed by atoms with van der Waals surface area (Å²) in [7, 11) is 2.16. The van der Waals surface area contributed by atoms with Gasteiger partial charge in [-0.1, -0.05) is 31.2 Å². The van der Waals surface area contributed by atoms with E-state index in [0.717, 1.165) is 39.3 Å². The Balaban J connectivity index is 1.80. The van der Waals surface area contributed by atoms with E-state index in [4.69, 9.17) is 10.5 Å². The Hall–Kier alpha value is -0.940. The van der Waals surface area contributed by atoms with Gasteiger partial charge in [-0.05, 0) is 24.7 Å². The van der Waals surface area contributed by atoms with Crippen molar-refractivity contribution in [3.05, 3.63) is 35.4 Å². The number of likely N-dealkylation sites (N-methyl/N-ethyl adjacent to an activating group) is 2. The van der Waals surface area contributed by atoms with E-state index in [1.807, 2.05) is 0 Å². The van der Waals surface area contributed by atoms with Gasteiger partial charge < -0.3 is 10.5 Å². The van der Waals surface area contributed by atoms with E-state index < -0.39 is 0 Å². The van der Waals surface area contributed by atoms with Gasteiger partial charge in [-0.3, -0.25) is 9.80 Å². The van der Waals surface area contributed by atoms with Crippen molar-refractivity contribution in [2.24, 2.45) is 5.73 Å². The largest absolute Gasteiger partial charge is 0.374 e. The Kier molecular flexibility index (Phi) is 5.98. The summed E-state index contributed by atoms with van der Waals surface area (Å²) in [5, 5.41) is 0. The number of morpholine rings is 1. The van der Waals surface area contributed by atoms with Crippen LogP contribution < -0.4 is 5.73 Å². The molecule has 1 aliphatic heterocycles. The molecule has 112 valence electrons. The highest BCUT2D eigenvalue weighted by atomic mass is 16.5. The summed E-state index contributed by atoms with van der Waals surface area (Å²) in [5.41, 5.74) is 8.13. The molecule has 0 saturated carbocycles. The first-order valence-electron chi connectivity index (χ1n) is 7.51. The Morgan fingerprint density at radius 2 is 2.00 bits per heavy atom. The molecular formula is C16H27N3O. The zero-order chi connectivity index (χ0) is 14.4. The van der Waals surface area contributed by atoms with Gasteiger partial charge in [-0.15, -0.1) is 0 Å². The monoisotopic (exact) mass is 277 g/mol. The number of nitrogens with zero attached hydrogens (tertiary/aromatic N) is 2. The first-order valence-corrected chi connectivity index (χ1v) is 7.51. The van der Waals surface area contributed by atoms with Crippen molar-refractivity contribution in [2.75, 3.05) is 39.8 Å². The Morgan fingerprint density at radius 3 is 2.65 bits per heavy atom. The minimum atomic E-state index is 0.331. The molecule has 1 unspecified atom stereocenters. The lowest BCUT2D eigenvalue weighted by molar-refractivity contribution is -0.0397. The first kappa shape index (κ1) is 15.4. The molecule has 1 aromatic rings. The molecule has 0 bridgehead atoms. The predicted octanol–water partition coefficient (Wildman–Crippen LogP) is 1.30. The number of hydrogen-bond donors (Lipinski definition) is 1. The summed E-state index contributed by atoms with van der Waals surface area (Å²) in [6, 6.07) is 8.55. The van der Waals surface area contributed by atoms with Gasteiger partial charge >= 0.3 is 0 Å². The predicted molar refractivity (Wildman–Crippen MR) is 82.5 cm³/mol. The molecule has 4 nitrogen and oxygen atoms in total. The van der Waals surface area contributed by atoms with Gasteiger partial charge in [0.15, 0.2) is 0 Å². The van der Waals surface area contributed by atoms with Crippen LogP contribution >= 0.6 is 0 Å². The molecule has 1 aliphatic rings. The van der Waals surface area contributed by atoms with E-state index in [2.05, 4.69) is 48.0 Å². The quantitative estimate of drug-likeness (QED) is 0.851. The van der Waals surface area contributed by atoms with Crippen LogP contribution in [0.5, 0.6) is 0 Å². The van der Waals surface area contributed by atoms with Crippen molar-refractivity contribution in [2.45, 2.75) is 26.1 Å². The van der Waals surface area contributed by atoms with Crippen molar-refractivity contribution in [1.82, 2.24) is 9.80 Å². The molecule has 0 radical (unpaired) electrons. The fraction of sp³-hybridized carbons (Fsp3) is 0.625. The van der Waals surface area contributed by atoms with Crippen LogP contribution in [-0.4, -0.2) is 55.7 Å². The van der Waals surface area contributed by atoms with E-state index >= 15 is 0 Å². The van der Waals surface area contributed by atoms with E-state index in [-0.39, 0.29) is 0 Å². The molecule has 0 aromatic heterocycles. The maximum absolute atomic E-state index is 5.86. The number of hydrogen-bond acceptors (Lipinski definition) is 4. The van der Waals surface area contributed by atoms with Crippen molar-refractivity contribution < 1.29 is 4.74 Å². The third kappa shape index (κ3) is 4.56. The highest BCUT2D eigenvalue weighted by molar-refractivity contribution is 5.22. The molecule has 1 aromatic carbocycles. The molecule has 1 heterocycles. The lowest BCUT2D eigenvalue weighted by atomic mass is 10.1.